The molecule has 0 aliphatic rings. The fourth-order valence-corrected chi connectivity index (χ4v) is 5.16. The number of anilines is 3. The van der Waals surface area contributed by atoms with E-state index in [0.29, 0.717) is 5.56 Å². The normalized spacial score (nSPS) is 11.4. The van der Waals surface area contributed by atoms with Crippen molar-refractivity contribution >= 4 is 62.8 Å². The van der Waals surface area contributed by atoms with Crippen LogP contribution >= 0.6 is 11.3 Å². The van der Waals surface area contributed by atoms with Gasteiger partial charge in [0.15, 0.2) is 0 Å². The molecule has 1 aromatic heterocycles. The van der Waals surface area contributed by atoms with Crippen LogP contribution in [0.2, 0.25) is 0 Å². The van der Waals surface area contributed by atoms with Crippen LogP contribution in [0.5, 0.6) is 11.5 Å². The second-order valence-electron chi connectivity index (χ2n) is 8.91. The molecule has 1 N–H and O–H groups in total. The summed E-state index contributed by atoms with van der Waals surface area (Å²) in [6.07, 6.45) is 5.32. The summed E-state index contributed by atoms with van der Waals surface area (Å²) < 4.78 is 11.6. The van der Waals surface area contributed by atoms with Crippen LogP contribution in [0.4, 0.5) is 17.1 Å². The van der Waals surface area contributed by atoms with Gasteiger partial charge in [0.1, 0.15) is 28.1 Å². The van der Waals surface area contributed by atoms with Crippen LogP contribution < -0.4 is 14.4 Å². The van der Waals surface area contributed by atoms with Crippen molar-refractivity contribution in [2.75, 3.05) is 19.1 Å². The van der Waals surface area contributed by atoms with E-state index >= 15 is 0 Å². The first-order valence-electron chi connectivity index (χ1n) is 12.6. The second kappa shape index (κ2) is 12.2. The number of methoxy groups -OCH3 is 2. The molecule has 5 rings (SSSR count). The molecule has 0 saturated carbocycles. The second-order valence-corrected chi connectivity index (χ2v) is 9.97. The van der Waals surface area contributed by atoms with E-state index in [2.05, 4.69) is 34.1 Å². The lowest BCUT2D eigenvalue weighted by Gasteiger charge is -2.26. The Morgan fingerprint density at radius 3 is 1.88 bits per heavy atom. The fraction of sp³-hybridized carbons (Fsp3) is 0.0606. The Hall–Kier alpha value is -5.39. The highest BCUT2D eigenvalue weighted by molar-refractivity contribution is 7.19. The number of hydrogen-bond acceptors (Lipinski definition) is 7. The molecule has 0 spiro atoms. The van der Waals surface area contributed by atoms with Gasteiger partial charge in [-0.05, 0) is 96.1 Å². The zero-order valence-electron chi connectivity index (χ0n) is 22.3. The maximum atomic E-state index is 11.2. The van der Waals surface area contributed by atoms with Crippen molar-refractivity contribution in [3.63, 3.8) is 0 Å². The number of rotatable bonds is 9. The average Bonchev–Trinajstić information content (AvgIpc) is 3.42. The predicted octanol–water partition coefficient (Wildman–Crippen LogP) is 7.95. The van der Waals surface area contributed by atoms with Crippen molar-refractivity contribution in [1.82, 2.24) is 4.98 Å². The van der Waals surface area contributed by atoms with E-state index in [1.807, 2.05) is 72.8 Å². The molecule has 0 unspecified atom stereocenters. The van der Waals surface area contributed by atoms with Gasteiger partial charge in [0.2, 0.25) is 0 Å². The van der Waals surface area contributed by atoms with Gasteiger partial charge in [-0.3, -0.25) is 0 Å². The topological polar surface area (TPSA) is 95.7 Å². The molecule has 8 heteroatoms. The van der Waals surface area contributed by atoms with Crippen LogP contribution in [0.15, 0.2) is 96.6 Å². The van der Waals surface area contributed by atoms with Crippen LogP contribution in [0.25, 0.3) is 28.4 Å². The molecule has 0 saturated heterocycles. The smallest absolute Gasteiger partial charge is 0.346 e. The van der Waals surface area contributed by atoms with E-state index in [4.69, 9.17) is 19.8 Å². The molecule has 41 heavy (non-hydrogen) atoms. The molecular formula is C33H25N3O4S. The van der Waals surface area contributed by atoms with E-state index in [1.54, 1.807) is 26.4 Å². The minimum atomic E-state index is -1.25. The fourth-order valence-electron chi connectivity index (χ4n) is 4.24. The van der Waals surface area contributed by atoms with E-state index in [1.165, 1.54) is 17.4 Å². The number of carboxylic acids is 1. The standard InChI is InChI=1S/C33H25N3O4S/c1-39-28-13-9-26(10-14-28)36(27-11-15-29(40-2)16-12-27)25-7-3-22(4-8-25)6-18-32-35-30-17-5-23(20-31(30)41-32)19-24(21-34)33(37)38/h3-20H,1-2H3,(H,37,38)/b18-6+,24-19-. The summed E-state index contributed by atoms with van der Waals surface area (Å²) in [5.41, 5.74) is 5.14. The number of aliphatic carboxylic acids is 1. The molecule has 0 aliphatic heterocycles. The molecule has 0 bridgehead atoms. The first-order valence-corrected chi connectivity index (χ1v) is 13.4. The SMILES string of the molecule is COc1ccc(N(c2ccc(/C=C/c3nc4ccc(/C=C(/C#N)C(=O)O)cc4s3)cc2)c2ccc(OC)cc2)cc1. The molecular weight excluding hydrogens is 534 g/mol. The van der Waals surface area contributed by atoms with Crippen molar-refractivity contribution in [3.8, 4) is 17.6 Å². The highest BCUT2D eigenvalue weighted by Gasteiger charge is 2.13. The molecule has 202 valence electrons. The summed E-state index contributed by atoms with van der Waals surface area (Å²) in [4.78, 5) is 18.0. The summed E-state index contributed by atoms with van der Waals surface area (Å²) in [7, 11) is 3.30. The van der Waals surface area contributed by atoms with Gasteiger partial charge in [0.05, 0.1) is 24.4 Å². The molecule has 0 amide bonds. The lowest BCUT2D eigenvalue weighted by Crippen LogP contribution is -2.09. The Kier molecular flexibility index (Phi) is 8.09. The average molecular weight is 560 g/mol. The lowest BCUT2D eigenvalue weighted by molar-refractivity contribution is -0.132. The largest absolute Gasteiger partial charge is 0.497 e. The van der Waals surface area contributed by atoms with E-state index in [0.717, 1.165) is 49.3 Å². The van der Waals surface area contributed by atoms with E-state index in [9.17, 15) is 4.79 Å². The van der Waals surface area contributed by atoms with Gasteiger partial charge in [0.25, 0.3) is 0 Å². The zero-order chi connectivity index (χ0) is 28.8. The molecule has 5 aromatic rings. The number of ether oxygens (including phenoxy) is 2. The minimum absolute atomic E-state index is 0.310. The van der Waals surface area contributed by atoms with Crippen molar-refractivity contribution in [3.05, 3.63) is 113 Å². The number of thiazole rings is 1. The Labute approximate surface area is 241 Å². The number of nitrogens with zero attached hydrogens (tertiary/aromatic N) is 3. The molecule has 1 heterocycles. The molecule has 0 radical (unpaired) electrons. The van der Waals surface area contributed by atoms with Gasteiger partial charge in [0, 0.05) is 17.1 Å². The molecule has 4 aromatic carbocycles. The van der Waals surface area contributed by atoms with Crippen molar-refractivity contribution < 1.29 is 19.4 Å². The maximum absolute atomic E-state index is 11.2. The summed E-state index contributed by atoms with van der Waals surface area (Å²) >= 11 is 1.50. The van der Waals surface area contributed by atoms with Crippen LogP contribution in [0.3, 0.4) is 0 Å². The van der Waals surface area contributed by atoms with Gasteiger partial charge >= 0.3 is 5.97 Å². The van der Waals surface area contributed by atoms with E-state index < -0.39 is 5.97 Å². The lowest BCUT2D eigenvalue weighted by atomic mass is 10.1. The number of nitriles is 1. The number of carbonyl (C=O) groups is 1. The van der Waals surface area contributed by atoms with Crippen molar-refractivity contribution in [2.24, 2.45) is 0 Å². The molecule has 0 fully saturated rings. The number of benzene rings is 4. The first kappa shape index (κ1) is 27.2. The quantitative estimate of drug-likeness (QED) is 0.145. The van der Waals surface area contributed by atoms with Crippen molar-refractivity contribution in [2.45, 2.75) is 0 Å². The first-order chi connectivity index (χ1) is 20.0. The monoisotopic (exact) mass is 559 g/mol. The minimum Gasteiger partial charge on any atom is -0.497 e. The van der Waals surface area contributed by atoms with Gasteiger partial charge in [-0.25, -0.2) is 9.78 Å². The maximum Gasteiger partial charge on any atom is 0.346 e. The Balaban J connectivity index is 1.39. The highest BCUT2D eigenvalue weighted by Crippen LogP contribution is 2.36. The van der Waals surface area contributed by atoms with Gasteiger partial charge < -0.3 is 19.5 Å². The number of aromatic nitrogens is 1. The number of fused-ring (bicyclic) bond motifs is 1. The zero-order valence-corrected chi connectivity index (χ0v) is 23.1. The highest BCUT2D eigenvalue weighted by atomic mass is 32.1. The summed E-state index contributed by atoms with van der Waals surface area (Å²) in [6.45, 7) is 0. The van der Waals surface area contributed by atoms with Gasteiger partial charge in [-0.1, -0.05) is 24.3 Å². The third-order valence-corrected chi connectivity index (χ3v) is 7.31. The third kappa shape index (κ3) is 6.27. The molecule has 7 nitrogen and oxygen atoms in total. The van der Waals surface area contributed by atoms with Gasteiger partial charge in [-0.2, -0.15) is 5.26 Å². The predicted molar refractivity (Wildman–Crippen MR) is 164 cm³/mol. The number of carboxylic acid groups (broad SMARTS) is 1. The third-order valence-electron chi connectivity index (χ3n) is 6.32. The van der Waals surface area contributed by atoms with Crippen molar-refractivity contribution in [1.29, 1.82) is 5.26 Å². The van der Waals surface area contributed by atoms with Crippen LogP contribution in [0, 0.1) is 11.3 Å². The Morgan fingerprint density at radius 1 is 0.829 bits per heavy atom. The Bertz CT molecular complexity index is 1730. The molecule has 0 atom stereocenters. The molecule has 0 aliphatic carbocycles. The van der Waals surface area contributed by atoms with E-state index in [-0.39, 0.29) is 5.57 Å². The van der Waals surface area contributed by atoms with Crippen LogP contribution in [0.1, 0.15) is 16.1 Å². The van der Waals surface area contributed by atoms with Gasteiger partial charge in [-0.15, -0.1) is 11.3 Å². The summed E-state index contributed by atoms with van der Waals surface area (Å²) in [6, 6.07) is 31.2. The summed E-state index contributed by atoms with van der Waals surface area (Å²) in [5, 5.41) is 19.0. The number of hydrogen-bond donors (Lipinski definition) is 1. The van der Waals surface area contributed by atoms with Crippen LogP contribution in [-0.2, 0) is 4.79 Å². The Morgan fingerprint density at radius 2 is 1.37 bits per heavy atom. The van der Waals surface area contributed by atoms with Crippen LogP contribution in [-0.4, -0.2) is 30.3 Å². The summed E-state index contributed by atoms with van der Waals surface area (Å²) in [5.74, 6) is 0.333.